The SMILES string of the molecule is CC(=O)C(Cl)c1cccc(OC(F)(F)F)c1Cl. The third kappa shape index (κ3) is 3.78. The Bertz CT molecular complexity index is 432. The monoisotopic (exact) mass is 286 g/mol. The molecule has 0 heterocycles. The van der Waals surface area contributed by atoms with Gasteiger partial charge in [0.25, 0.3) is 0 Å². The second-order valence-electron chi connectivity index (χ2n) is 3.18. The van der Waals surface area contributed by atoms with Gasteiger partial charge in [-0.15, -0.1) is 24.8 Å². The van der Waals surface area contributed by atoms with E-state index in [0.29, 0.717) is 0 Å². The Morgan fingerprint density at radius 1 is 1.41 bits per heavy atom. The summed E-state index contributed by atoms with van der Waals surface area (Å²) in [5, 5.41) is -1.42. The molecule has 0 saturated carbocycles. The maximum Gasteiger partial charge on any atom is 0.573 e. The Labute approximate surface area is 105 Å². The van der Waals surface area contributed by atoms with Crippen LogP contribution in [0.2, 0.25) is 5.02 Å². The maximum atomic E-state index is 12.0. The quantitative estimate of drug-likeness (QED) is 0.782. The van der Waals surface area contributed by atoms with Crippen LogP contribution in [0.5, 0.6) is 5.75 Å². The van der Waals surface area contributed by atoms with Crippen molar-refractivity contribution in [2.45, 2.75) is 18.7 Å². The zero-order valence-electron chi connectivity index (χ0n) is 8.52. The van der Waals surface area contributed by atoms with Crippen molar-refractivity contribution in [3.63, 3.8) is 0 Å². The number of alkyl halides is 4. The molecule has 0 bridgehead atoms. The summed E-state index contributed by atoms with van der Waals surface area (Å²) in [5.41, 5.74) is 0.0857. The summed E-state index contributed by atoms with van der Waals surface area (Å²) in [7, 11) is 0. The summed E-state index contributed by atoms with van der Waals surface area (Å²) in [4.78, 5) is 11.0. The van der Waals surface area contributed by atoms with E-state index in [1.54, 1.807) is 0 Å². The predicted molar refractivity (Wildman–Crippen MR) is 57.4 cm³/mol. The van der Waals surface area contributed by atoms with Crippen LogP contribution in [0.1, 0.15) is 17.9 Å². The Morgan fingerprint density at radius 3 is 2.47 bits per heavy atom. The molecule has 0 radical (unpaired) electrons. The van der Waals surface area contributed by atoms with Crippen LogP contribution in [-0.4, -0.2) is 12.1 Å². The first-order valence-corrected chi connectivity index (χ1v) is 5.22. The first-order valence-electron chi connectivity index (χ1n) is 4.41. The lowest BCUT2D eigenvalue weighted by Gasteiger charge is -2.14. The van der Waals surface area contributed by atoms with Gasteiger partial charge in [-0.05, 0) is 18.6 Å². The van der Waals surface area contributed by atoms with Crippen LogP contribution in [0.15, 0.2) is 18.2 Å². The minimum absolute atomic E-state index is 0.0857. The Kier molecular flexibility index (Phi) is 4.27. The van der Waals surface area contributed by atoms with Crippen molar-refractivity contribution in [1.29, 1.82) is 0 Å². The average molecular weight is 287 g/mol. The van der Waals surface area contributed by atoms with Gasteiger partial charge in [0.15, 0.2) is 5.78 Å². The first kappa shape index (κ1) is 14.1. The fraction of sp³-hybridized carbons (Fsp3) is 0.300. The molecule has 0 aromatic heterocycles. The molecule has 1 atom stereocenters. The van der Waals surface area contributed by atoms with E-state index in [-0.39, 0.29) is 10.6 Å². The van der Waals surface area contributed by atoms with Crippen LogP contribution < -0.4 is 4.74 Å². The van der Waals surface area contributed by atoms with E-state index in [0.717, 1.165) is 6.07 Å². The fourth-order valence-corrected chi connectivity index (χ4v) is 1.66. The molecular weight excluding hydrogens is 280 g/mol. The van der Waals surface area contributed by atoms with Gasteiger partial charge < -0.3 is 4.74 Å². The van der Waals surface area contributed by atoms with Gasteiger partial charge in [0, 0.05) is 0 Å². The lowest BCUT2D eigenvalue weighted by Crippen LogP contribution is -2.17. The number of benzene rings is 1. The minimum Gasteiger partial charge on any atom is -0.404 e. The molecule has 0 aliphatic rings. The van der Waals surface area contributed by atoms with Crippen LogP contribution in [0.4, 0.5) is 13.2 Å². The summed E-state index contributed by atoms with van der Waals surface area (Å²) < 4.78 is 39.8. The molecule has 0 fully saturated rings. The van der Waals surface area contributed by atoms with Crippen LogP contribution in [0, 0.1) is 0 Å². The number of ketones is 1. The van der Waals surface area contributed by atoms with Gasteiger partial charge in [-0.1, -0.05) is 23.7 Å². The van der Waals surface area contributed by atoms with Gasteiger partial charge >= 0.3 is 6.36 Å². The second-order valence-corrected chi connectivity index (χ2v) is 3.99. The molecule has 1 rings (SSSR count). The van der Waals surface area contributed by atoms with E-state index in [4.69, 9.17) is 23.2 Å². The Balaban J connectivity index is 3.12. The molecule has 0 aliphatic heterocycles. The highest BCUT2D eigenvalue weighted by molar-refractivity contribution is 6.36. The van der Waals surface area contributed by atoms with E-state index < -0.39 is 23.3 Å². The highest BCUT2D eigenvalue weighted by Gasteiger charge is 2.33. The molecule has 0 aliphatic carbocycles. The van der Waals surface area contributed by atoms with Crippen molar-refractivity contribution in [2.75, 3.05) is 0 Å². The molecule has 0 N–H and O–H groups in total. The van der Waals surface area contributed by atoms with Crippen LogP contribution >= 0.6 is 23.2 Å². The van der Waals surface area contributed by atoms with Crippen LogP contribution in [-0.2, 0) is 4.79 Å². The van der Waals surface area contributed by atoms with Gasteiger partial charge in [-0.3, -0.25) is 4.79 Å². The zero-order valence-corrected chi connectivity index (χ0v) is 10.0. The molecular formula is C10H7Cl2F3O2. The third-order valence-electron chi connectivity index (χ3n) is 1.85. The van der Waals surface area contributed by atoms with Gasteiger partial charge in [-0.2, -0.15) is 0 Å². The molecule has 2 nitrogen and oxygen atoms in total. The molecule has 7 heteroatoms. The number of carbonyl (C=O) groups excluding carboxylic acids is 1. The highest BCUT2D eigenvalue weighted by Crippen LogP contribution is 2.37. The van der Waals surface area contributed by atoms with Gasteiger partial charge in [0.1, 0.15) is 11.1 Å². The lowest BCUT2D eigenvalue weighted by molar-refractivity contribution is -0.274. The number of carbonyl (C=O) groups is 1. The van der Waals surface area contributed by atoms with Gasteiger partial charge in [0.05, 0.1) is 5.02 Å². The lowest BCUT2D eigenvalue weighted by atomic mass is 10.1. The van der Waals surface area contributed by atoms with E-state index in [1.807, 2.05) is 0 Å². The standard InChI is InChI=1S/C10H7Cl2F3O2/c1-5(16)8(11)6-3-2-4-7(9(6)12)17-10(13,14)15/h2-4,8H,1H3. The number of Topliss-reactive ketones (excluding diaryl/α,β-unsaturated/α-hetero) is 1. The van der Waals surface area contributed by atoms with Crippen molar-refractivity contribution < 1.29 is 22.7 Å². The van der Waals surface area contributed by atoms with Crippen molar-refractivity contribution in [3.8, 4) is 5.75 Å². The topological polar surface area (TPSA) is 26.3 Å². The zero-order chi connectivity index (χ0) is 13.2. The molecule has 1 unspecified atom stereocenters. The predicted octanol–water partition coefficient (Wildman–Crippen LogP) is 4.11. The number of rotatable bonds is 3. The van der Waals surface area contributed by atoms with Crippen molar-refractivity contribution in [3.05, 3.63) is 28.8 Å². The summed E-state index contributed by atoms with van der Waals surface area (Å²) in [6.45, 7) is 1.21. The van der Waals surface area contributed by atoms with E-state index >= 15 is 0 Å². The Morgan fingerprint density at radius 2 is 2.00 bits per heavy atom. The summed E-state index contributed by atoms with van der Waals surface area (Å²) in [6, 6.07) is 3.69. The van der Waals surface area contributed by atoms with E-state index in [2.05, 4.69) is 4.74 Å². The molecule has 1 aromatic rings. The molecule has 1 aromatic carbocycles. The number of halogens is 5. The van der Waals surface area contributed by atoms with Crippen molar-refractivity contribution in [2.24, 2.45) is 0 Å². The van der Waals surface area contributed by atoms with Crippen molar-refractivity contribution >= 4 is 29.0 Å². The number of hydrogen-bond acceptors (Lipinski definition) is 2. The Hall–Kier alpha value is -0.940. The van der Waals surface area contributed by atoms with Crippen LogP contribution in [0.3, 0.4) is 0 Å². The van der Waals surface area contributed by atoms with Gasteiger partial charge in [0.2, 0.25) is 0 Å². The second kappa shape index (κ2) is 5.14. The normalized spacial score (nSPS) is 13.3. The maximum absolute atomic E-state index is 12.0. The minimum atomic E-state index is -4.85. The fourth-order valence-electron chi connectivity index (χ4n) is 1.15. The molecule has 0 amide bonds. The summed E-state index contributed by atoms with van der Waals surface area (Å²) in [5.74, 6) is -0.999. The number of hydrogen-bond donors (Lipinski definition) is 0. The van der Waals surface area contributed by atoms with Gasteiger partial charge in [-0.25, -0.2) is 0 Å². The van der Waals surface area contributed by atoms with Crippen LogP contribution in [0.25, 0.3) is 0 Å². The molecule has 94 valence electrons. The smallest absolute Gasteiger partial charge is 0.404 e. The summed E-state index contributed by atoms with van der Waals surface area (Å²) >= 11 is 11.4. The number of ether oxygens (including phenoxy) is 1. The average Bonchev–Trinajstić information content (AvgIpc) is 2.18. The van der Waals surface area contributed by atoms with E-state index in [9.17, 15) is 18.0 Å². The summed E-state index contributed by atoms with van der Waals surface area (Å²) in [6.07, 6.45) is -4.85. The molecule has 17 heavy (non-hydrogen) atoms. The van der Waals surface area contributed by atoms with Crippen molar-refractivity contribution in [1.82, 2.24) is 0 Å². The molecule has 0 saturated heterocycles. The van der Waals surface area contributed by atoms with E-state index in [1.165, 1.54) is 19.1 Å². The molecule has 0 spiro atoms. The first-order chi connectivity index (χ1) is 7.72. The highest BCUT2D eigenvalue weighted by atomic mass is 35.5. The third-order valence-corrected chi connectivity index (χ3v) is 2.80. The largest absolute Gasteiger partial charge is 0.573 e.